The molecule has 0 aliphatic carbocycles. The Labute approximate surface area is 331 Å². The lowest BCUT2D eigenvalue weighted by molar-refractivity contribution is 0.796. The Hall–Kier alpha value is -7.29. The topological polar surface area (TPSA) is 17.8 Å². The highest BCUT2D eigenvalue weighted by Gasteiger charge is 2.21. The van der Waals surface area contributed by atoms with Crippen LogP contribution in [0.15, 0.2) is 200 Å². The SMILES string of the molecule is CCn1c(-c2ccc3c(-c4ccc5ccccc5c4)c4ccccc4c(-c4ccc5ccccc5c4)c3c2)nc2cc(-c3ccccc3)c(-c3ccccc3)cc21. The standard InChI is InChI=1S/C55H38N2/c1-2-57-52-35-49(39-19-7-4-8-20-39)48(38-17-5-3-6-18-38)34-51(52)56-55(57)44-29-30-47-50(33-44)54(43-28-26-37-16-10-12-22-41(37)32-43)46-24-14-13-23-45(46)53(47)42-27-25-36-15-9-11-21-40(36)31-42/h3-35H,2H2,1H3. The van der Waals surface area contributed by atoms with Gasteiger partial charge in [-0.05, 0) is 125 Å². The van der Waals surface area contributed by atoms with E-state index in [9.17, 15) is 0 Å². The summed E-state index contributed by atoms with van der Waals surface area (Å²) in [5.41, 5.74) is 12.9. The van der Waals surface area contributed by atoms with Gasteiger partial charge < -0.3 is 4.57 Å². The van der Waals surface area contributed by atoms with E-state index in [0.717, 1.165) is 29.0 Å². The van der Waals surface area contributed by atoms with Crippen LogP contribution >= 0.6 is 0 Å². The summed E-state index contributed by atoms with van der Waals surface area (Å²) in [5, 5.41) is 9.89. The Morgan fingerprint density at radius 3 is 1.42 bits per heavy atom. The summed E-state index contributed by atoms with van der Waals surface area (Å²) in [7, 11) is 0. The molecule has 2 heteroatoms. The van der Waals surface area contributed by atoms with E-state index in [1.54, 1.807) is 0 Å². The summed E-state index contributed by atoms with van der Waals surface area (Å²) in [6.07, 6.45) is 0. The molecule has 1 heterocycles. The zero-order valence-electron chi connectivity index (χ0n) is 31.7. The number of fused-ring (bicyclic) bond motifs is 5. The van der Waals surface area contributed by atoms with E-state index in [2.05, 4.69) is 212 Å². The van der Waals surface area contributed by atoms with E-state index in [1.807, 2.05) is 0 Å². The van der Waals surface area contributed by atoms with Gasteiger partial charge in [-0.25, -0.2) is 4.98 Å². The minimum absolute atomic E-state index is 0.792. The molecule has 0 spiro atoms. The summed E-state index contributed by atoms with van der Waals surface area (Å²) >= 11 is 0. The third-order valence-electron chi connectivity index (χ3n) is 11.7. The lowest BCUT2D eigenvalue weighted by Gasteiger charge is -2.19. The average molecular weight is 727 g/mol. The van der Waals surface area contributed by atoms with Gasteiger partial charge in [0, 0.05) is 12.1 Å². The molecule has 0 unspecified atom stereocenters. The number of rotatable bonds is 6. The van der Waals surface area contributed by atoms with Crippen molar-refractivity contribution in [3.05, 3.63) is 200 Å². The van der Waals surface area contributed by atoms with Crippen LogP contribution in [0.3, 0.4) is 0 Å². The maximum atomic E-state index is 5.46. The predicted molar refractivity (Wildman–Crippen MR) is 243 cm³/mol. The number of hydrogen-bond acceptors (Lipinski definition) is 1. The largest absolute Gasteiger partial charge is 0.324 e. The van der Waals surface area contributed by atoms with Crippen LogP contribution in [0.4, 0.5) is 0 Å². The fourth-order valence-electron chi connectivity index (χ4n) is 9.05. The monoisotopic (exact) mass is 726 g/mol. The average Bonchev–Trinajstić information content (AvgIpc) is 3.65. The Kier molecular flexibility index (Phi) is 7.82. The fourth-order valence-corrected chi connectivity index (χ4v) is 9.05. The first kappa shape index (κ1) is 33.1. The van der Waals surface area contributed by atoms with Gasteiger partial charge in [0.05, 0.1) is 11.0 Å². The molecule has 2 nitrogen and oxygen atoms in total. The molecule has 0 saturated heterocycles. The molecule has 0 saturated carbocycles. The van der Waals surface area contributed by atoms with Crippen molar-refractivity contribution >= 4 is 54.1 Å². The van der Waals surface area contributed by atoms with Crippen molar-refractivity contribution in [1.29, 1.82) is 0 Å². The molecule has 0 fully saturated rings. The summed E-state index contributed by atoms with van der Waals surface area (Å²) in [4.78, 5) is 5.46. The highest BCUT2D eigenvalue weighted by molar-refractivity contribution is 6.22. The van der Waals surface area contributed by atoms with Crippen LogP contribution in [0.2, 0.25) is 0 Å². The van der Waals surface area contributed by atoms with Gasteiger partial charge in [-0.3, -0.25) is 0 Å². The van der Waals surface area contributed by atoms with E-state index in [1.165, 1.54) is 87.6 Å². The molecule has 0 aliphatic heterocycles. The number of hydrogen-bond donors (Lipinski definition) is 0. The first-order valence-corrected chi connectivity index (χ1v) is 19.8. The van der Waals surface area contributed by atoms with Crippen molar-refractivity contribution in [2.75, 3.05) is 0 Å². The third kappa shape index (κ3) is 5.52. The smallest absolute Gasteiger partial charge is 0.141 e. The highest BCUT2D eigenvalue weighted by atomic mass is 15.1. The van der Waals surface area contributed by atoms with Crippen LogP contribution in [0.5, 0.6) is 0 Å². The first-order valence-electron chi connectivity index (χ1n) is 19.8. The van der Waals surface area contributed by atoms with Gasteiger partial charge in [0.2, 0.25) is 0 Å². The van der Waals surface area contributed by atoms with Gasteiger partial charge in [0.1, 0.15) is 5.82 Å². The molecule has 0 atom stereocenters. The van der Waals surface area contributed by atoms with E-state index < -0.39 is 0 Å². The molecule has 10 aromatic carbocycles. The van der Waals surface area contributed by atoms with Crippen LogP contribution in [0, 0.1) is 0 Å². The van der Waals surface area contributed by atoms with Crippen molar-refractivity contribution in [1.82, 2.24) is 9.55 Å². The van der Waals surface area contributed by atoms with Crippen LogP contribution in [-0.4, -0.2) is 9.55 Å². The molecule has 0 amide bonds. The summed E-state index contributed by atoms with van der Waals surface area (Å²) < 4.78 is 2.39. The van der Waals surface area contributed by atoms with Gasteiger partial charge in [-0.1, -0.05) is 170 Å². The Morgan fingerprint density at radius 2 is 0.842 bits per heavy atom. The van der Waals surface area contributed by atoms with Crippen LogP contribution in [-0.2, 0) is 6.54 Å². The molecule has 268 valence electrons. The quantitative estimate of drug-likeness (QED) is 0.156. The normalized spacial score (nSPS) is 11.7. The van der Waals surface area contributed by atoms with Gasteiger partial charge in [-0.15, -0.1) is 0 Å². The minimum atomic E-state index is 0.792. The molecular weight excluding hydrogens is 689 g/mol. The molecule has 1 aromatic heterocycles. The highest BCUT2D eigenvalue weighted by Crippen LogP contribution is 2.46. The molecule has 0 bridgehead atoms. The van der Waals surface area contributed by atoms with Crippen molar-refractivity contribution in [2.24, 2.45) is 0 Å². The number of aryl methyl sites for hydroxylation is 1. The Balaban J connectivity index is 1.20. The molecule has 11 aromatic rings. The molecular formula is C55H38N2. The number of aromatic nitrogens is 2. The molecule has 0 radical (unpaired) electrons. The van der Waals surface area contributed by atoms with Gasteiger partial charge >= 0.3 is 0 Å². The fraction of sp³-hybridized carbons (Fsp3) is 0.0364. The Bertz CT molecular complexity index is 3320. The van der Waals surface area contributed by atoms with E-state index in [-0.39, 0.29) is 0 Å². The maximum absolute atomic E-state index is 5.46. The van der Waals surface area contributed by atoms with Crippen molar-refractivity contribution in [3.63, 3.8) is 0 Å². The molecule has 0 N–H and O–H groups in total. The summed E-state index contributed by atoms with van der Waals surface area (Å²) in [6.45, 7) is 3.02. The van der Waals surface area contributed by atoms with Crippen molar-refractivity contribution < 1.29 is 0 Å². The molecule has 11 rings (SSSR count). The Morgan fingerprint density at radius 1 is 0.368 bits per heavy atom. The van der Waals surface area contributed by atoms with Crippen LogP contribution in [0.1, 0.15) is 6.92 Å². The number of benzene rings is 10. The van der Waals surface area contributed by atoms with Crippen molar-refractivity contribution in [3.8, 4) is 55.9 Å². The third-order valence-corrected chi connectivity index (χ3v) is 11.7. The summed E-state index contributed by atoms with van der Waals surface area (Å²) in [6, 6.07) is 73.2. The maximum Gasteiger partial charge on any atom is 0.141 e. The van der Waals surface area contributed by atoms with E-state index in [0.29, 0.717) is 0 Å². The lowest BCUT2D eigenvalue weighted by atomic mass is 9.84. The lowest BCUT2D eigenvalue weighted by Crippen LogP contribution is -1.98. The second-order valence-electron chi connectivity index (χ2n) is 15.0. The predicted octanol–water partition coefficient (Wildman–Crippen LogP) is 15.0. The van der Waals surface area contributed by atoms with E-state index >= 15 is 0 Å². The van der Waals surface area contributed by atoms with Gasteiger partial charge in [0.25, 0.3) is 0 Å². The van der Waals surface area contributed by atoms with Crippen LogP contribution < -0.4 is 0 Å². The zero-order valence-corrected chi connectivity index (χ0v) is 31.7. The second-order valence-corrected chi connectivity index (χ2v) is 15.0. The zero-order chi connectivity index (χ0) is 37.9. The summed E-state index contributed by atoms with van der Waals surface area (Å²) in [5.74, 6) is 0.975. The van der Waals surface area contributed by atoms with Crippen LogP contribution in [0.25, 0.3) is 110 Å². The van der Waals surface area contributed by atoms with Gasteiger partial charge in [-0.2, -0.15) is 0 Å². The van der Waals surface area contributed by atoms with Gasteiger partial charge in [0.15, 0.2) is 0 Å². The first-order chi connectivity index (χ1) is 28.2. The van der Waals surface area contributed by atoms with Crippen molar-refractivity contribution in [2.45, 2.75) is 13.5 Å². The van der Waals surface area contributed by atoms with E-state index in [4.69, 9.17) is 4.98 Å². The minimum Gasteiger partial charge on any atom is -0.324 e. The molecule has 0 aliphatic rings. The number of imidazole rings is 1. The molecule has 57 heavy (non-hydrogen) atoms. The number of nitrogens with zero attached hydrogens (tertiary/aromatic N) is 2. The second kappa shape index (κ2) is 13.5.